The third kappa shape index (κ3) is 5.07. The zero-order valence-corrected chi connectivity index (χ0v) is 16.7. The second-order valence-corrected chi connectivity index (χ2v) is 7.89. The fourth-order valence-electron chi connectivity index (χ4n) is 3.67. The standard InChI is InChI=1S/C17H30O15/c18-1-4-7(20)10(23)13(26)15(29-4)28-3-6-9(22)11(24)14(27)17(31-6)32-16-12(25)8(21)5(2-19)30-16/h4-27H,1-3H2/t4-,5+,6-,7+,8+,9-,10+,11+,12-,13-,14-,15+,16-,17-/m1/s1. The molecular weight excluding hydrogens is 444 g/mol. The first-order valence-corrected chi connectivity index (χ1v) is 10.00. The first kappa shape index (κ1) is 26.0. The van der Waals surface area contributed by atoms with Gasteiger partial charge in [0.05, 0.1) is 19.8 Å². The maximum atomic E-state index is 10.2. The Hall–Kier alpha value is -0.600. The highest BCUT2D eigenvalue weighted by molar-refractivity contribution is 4.93. The van der Waals surface area contributed by atoms with E-state index in [0.29, 0.717) is 0 Å². The normalized spacial score (nSPS) is 52.3. The van der Waals surface area contributed by atoms with E-state index < -0.39 is 106 Å². The van der Waals surface area contributed by atoms with E-state index in [2.05, 4.69) is 0 Å². The number of aliphatic hydroxyl groups excluding tert-OH is 10. The summed E-state index contributed by atoms with van der Waals surface area (Å²) >= 11 is 0. The average Bonchev–Trinajstić information content (AvgIpc) is 3.05. The molecule has 0 saturated carbocycles. The Balaban J connectivity index is 1.62. The predicted octanol–water partition coefficient (Wildman–Crippen LogP) is -6.93. The summed E-state index contributed by atoms with van der Waals surface area (Å²) in [5.74, 6) is 0. The zero-order valence-electron chi connectivity index (χ0n) is 16.7. The van der Waals surface area contributed by atoms with Gasteiger partial charge in [0, 0.05) is 0 Å². The third-order valence-corrected chi connectivity index (χ3v) is 5.71. The highest BCUT2D eigenvalue weighted by Gasteiger charge is 2.50. The van der Waals surface area contributed by atoms with Crippen LogP contribution >= 0.6 is 0 Å². The SMILES string of the molecule is OC[C@@H]1O[C@H](O[C@H]2O[C@H](CO[C@H]3O[C@H](CO)[C@H](O)[C@H](O)[C@H]3O)[C@@H](O)[C@H](O)[C@H]2O)[C@H](O)[C@H]1O. The van der Waals surface area contributed by atoms with Crippen LogP contribution in [0.3, 0.4) is 0 Å². The predicted molar refractivity (Wildman–Crippen MR) is 95.2 cm³/mol. The molecule has 0 aromatic carbocycles. The minimum atomic E-state index is -1.80. The van der Waals surface area contributed by atoms with E-state index >= 15 is 0 Å². The molecule has 0 aromatic heterocycles. The molecular formula is C17H30O15. The Kier molecular flexibility index (Phi) is 8.75. The van der Waals surface area contributed by atoms with E-state index in [-0.39, 0.29) is 0 Å². The molecule has 15 nitrogen and oxygen atoms in total. The summed E-state index contributed by atoms with van der Waals surface area (Å²) in [6.45, 7) is -1.87. The van der Waals surface area contributed by atoms with Gasteiger partial charge in [0.25, 0.3) is 0 Å². The summed E-state index contributed by atoms with van der Waals surface area (Å²) in [6.07, 6.45) is -21.9. The summed E-state index contributed by atoms with van der Waals surface area (Å²) in [4.78, 5) is 0. The smallest absolute Gasteiger partial charge is 0.189 e. The van der Waals surface area contributed by atoms with Crippen molar-refractivity contribution in [3.63, 3.8) is 0 Å². The molecule has 3 heterocycles. The first-order chi connectivity index (χ1) is 15.1. The third-order valence-electron chi connectivity index (χ3n) is 5.71. The molecule has 15 heteroatoms. The van der Waals surface area contributed by atoms with E-state index in [0.717, 1.165) is 0 Å². The minimum Gasteiger partial charge on any atom is -0.394 e. The van der Waals surface area contributed by atoms with Crippen molar-refractivity contribution in [2.24, 2.45) is 0 Å². The molecule has 3 saturated heterocycles. The summed E-state index contributed by atoms with van der Waals surface area (Å²) in [5.41, 5.74) is 0. The number of hydrogen-bond donors (Lipinski definition) is 10. The fraction of sp³-hybridized carbons (Fsp3) is 1.00. The van der Waals surface area contributed by atoms with Crippen LogP contribution in [-0.2, 0) is 23.7 Å². The Morgan fingerprint density at radius 3 is 1.38 bits per heavy atom. The van der Waals surface area contributed by atoms with Crippen molar-refractivity contribution in [3.05, 3.63) is 0 Å². The highest BCUT2D eigenvalue weighted by Crippen LogP contribution is 2.29. The van der Waals surface area contributed by atoms with Crippen LogP contribution in [0.5, 0.6) is 0 Å². The van der Waals surface area contributed by atoms with Crippen LogP contribution in [0, 0.1) is 0 Å². The zero-order chi connectivity index (χ0) is 23.7. The van der Waals surface area contributed by atoms with Gasteiger partial charge in [-0.25, -0.2) is 0 Å². The second-order valence-electron chi connectivity index (χ2n) is 7.89. The van der Waals surface area contributed by atoms with Gasteiger partial charge < -0.3 is 74.7 Å². The van der Waals surface area contributed by atoms with Crippen LogP contribution in [0.4, 0.5) is 0 Å². The quantitative estimate of drug-likeness (QED) is 0.165. The number of aliphatic hydroxyl groups is 10. The maximum Gasteiger partial charge on any atom is 0.189 e. The molecule has 0 amide bonds. The molecule has 3 aliphatic heterocycles. The van der Waals surface area contributed by atoms with Crippen molar-refractivity contribution in [1.29, 1.82) is 0 Å². The Bertz CT molecular complexity index is 594. The van der Waals surface area contributed by atoms with E-state index in [1.165, 1.54) is 0 Å². The lowest BCUT2D eigenvalue weighted by Crippen LogP contribution is -2.62. The Labute approximate surface area is 181 Å². The summed E-state index contributed by atoms with van der Waals surface area (Å²) in [6, 6.07) is 0. The number of hydrogen-bond acceptors (Lipinski definition) is 15. The molecule has 0 unspecified atom stereocenters. The van der Waals surface area contributed by atoms with Gasteiger partial charge in [0.2, 0.25) is 0 Å². The van der Waals surface area contributed by atoms with Crippen molar-refractivity contribution in [3.8, 4) is 0 Å². The van der Waals surface area contributed by atoms with Crippen LogP contribution in [-0.4, -0.2) is 157 Å². The summed E-state index contributed by atoms with van der Waals surface area (Å²) in [5, 5.41) is 98.2. The monoisotopic (exact) mass is 474 g/mol. The number of rotatable bonds is 7. The van der Waals surface area contributed by atoms with Gasteiger partial charge in [-0.2, -0.15) is 0 Å². The van der Waals surface area contributed by atoms with E-state index in [9.17, 15) is 46.0 Å². The second kappa shape index (κ2) is 10.8. The molecule has 3 fully saturated rings. The minimum absolute atomic E-state index is 0.566. The van der Waals surface area contributed by atoms with Gasteiger partial charge >= 0.3 is 0 Å². The topological polar surface area (TPSA) is 248 Å². The van der Waals surface area contributed by atoms with Gasteiger partial charge in [-0.1, -0.05) is 0 Å². The molecule has 0 aromatic rings. The number of ether oxygens (including phenoxy) is 5. The lowest BCUT2D eigenvalue weighted by atomic mass is 9.98. The van der Waals surface area contributed by atoms with Gasteiger partial charge in [-0.15, -0.1) is 0 Å². The summed E-state index contributed by atoms with van der Waals surface area (Å²) < 4.78 is 26.3. The van der Waals surface area contributed by atoms with E-state index in [4.69, 9.17) is 28.8 Å². The van der Waals surface area contributed by atoms with Crippen LogP contribution in [0.25, 0.3) is 0 Å². The fourth-order valence-corrected chi connectivity index (χ4v) is 3.67. The van der Waals surface area contributed by atoms with Gasteiger partial charge in [0.1, 0.15) is 67.1 Å². The molecule has 3 aliphatic rings. The van der Waals surface area contributed by atoms with Crippen molar-refractivity contribution in [1.82, 2.24) is 0 Å². The molecule has 188 valence electrons. The van der Waals surface area contributed by atoms with Crippen molar-refractivity contribution >= 4 is 0 Å². The highest BCUT2D eigenvalue weighted by atomic mass is 16.8. The molecule has 0 spiro atoms. The van der Waals surface area contributed by atoms with Crippen LogP contribution in [0.2, 0.25) is 0 Å². The lowest BCUT2D eigenvalue weighted by Gasteiger charge is -2.43. The average molecular weight is 474 g/mol. The molecule has 14 atom stereocenters. The Morgan fingerprint density at radius 2 is 0.844 bits per heavy atom. The molecule has 0 bridgehead atoms. The van der Waals surface area contributed by atoms with Crippen molar-refractivity contribution in [2.75, 3.05) is 19.8 Å². The molecule has 10 N–H and O–H groups in total. The van der Waals surface area contributed by atoms with Gasteiger partial charge in [0.15, 0.2) is 18.9 Å². The lowest BCUT2D eigenvalue weighted by molar-refractivity contribution is -0.353. The maximum absolute atomic E-state index is 10.2. The molecule has 0 aliphatic carbocycles. The van der Waals surface area contributed by atoms with Gasteiger partial charge in [-0.3, -0.25) is 0 Å². The van der Waals surface area contributed by atoms with Gasteiger partial charge in [-0.05, 0) is 0 Å². The van der Waals surface area contributed by atoms with Crippen molar-refractivity contribution in [2.45, 2.75) is 86.0 Å². The largest absolute Gasteiger partial charge is 0.394 e. The van der Waals surface area contributed by atoms with Crippen LogP contribution < -0.4 is 0 Å². The van der Waals surface area contributed by atoms with E-state index in [1.807, 2.05) is 0 Å². The van der Waals surface area contributed by atoms with E-state index in [1.54, 1.807) is 0 Å². The molecule has 32 heavy (non-hydrogen) atoms. The van der Waals surface area contributed by atoms with Crippen molar-refractivity contribution < 1.29 is 74.7 Å². The molecule has 0 radical (unpaired) electrons. The van der Waals surface area contributed by atoms with Crippen LogP contribution in [0.15, 0.2) is 0 Å². The summed E-state index contributed by atoms with van der Waals surface area (Å²) in [7, 11) is 0. The molecule has 3 rings (SSSR count). The van der Waals surface area contributed by atoms with Crippen LogP contribution in [0.1, 0.15) is 0 Å². The Morgan fingerprint density at radius 1 is 0.469 bits per heavy atom. The first-order valence-electron chi connectivity index (χ1n) is 10.00.